The first kappa shape index (κ1) is 29.5. The van der Waals surface area contributed by atoms with Crippen LogP contribution < -0.4 is 0 Å². The summed E-state index contributed by atoms with van der Waals surface area (Å²) in [6.07, 6.45) is 28.7. The van der Waals surface area contributed by atoms with E-state index in [4.69, 9.17) is 4.74 Å². The minimum absolute atomic E-state index is 0.0563. The van der Waals surface area contributed by atoms with Crippen LogP contribution in [0.25, 0.3) is 0 Å². The third-order valence-electron chi connectivity index (χ3n) is 6.47. The number of hydrogen-bond acceptors (Lipinski definition) is 2. The Morgan fingerprint density at radius 3 is 1.30 bits per heavy atom. The summed E-state index contributed by atoms with van der Waals surface area (Å²) >= 11 is 0. The fourth-order valence-electron chi connectivity index (χ4n) is 4.25. The number of carbonyl (C=O) groups is 1. The molecule has 0 N–H and O–H groups in total. The molecular formula is C28H56O2. The van der Waals surface area contributed by atoms with E-state index in [2.05, 4.69) is 20.8 Å². The van der Waals surface area contributed by atoms with Crippen molar-refractivity contribution in [2.45, 2.75) is 162 Å². The molecule has 0 radical (unpaired) electrons. The lowest BCUT2D eigenvalue weighted by Crippen LogP contribution is -2.17. The predicted molar refractivity (Wildman–Crippen MR) is 133 cm³/mol. The van der Waals surface area contributed by atoms with Crippen molar-refractivity contribution in [3.05, 3.63) is 0 Å². The standard InChI is InChI=1S/C28H56O2/c1-4-7-9-11-13-14-15-16-17-18-19-20-22-24-26-30-28(29)27(6-3)25-23-21-12-10-8-5-2/h27H,4-26H2,1-3H3. The van der Waals surface area contributed by atoms with E-state index in [1.807, 2.05) is 0 Å². The minimum atomic E-state index is 0.0563. The molecule has 1 unspecified atom stereocenters. The summed E-state index contributed by atoms with van der Waals surface area (Å²) in [6, 6.07) is 0. The van der Waals surface area contributed by atoms with Crippen LogP contribution in [0.15, 0.2) is 0 Å². The molecule has 0 amide bonds. The van der Waals surface area contributed by atoms with Crippen LogP contribution in [0, 0.1) is 5.92 Å². The topological polar surface area (TPSA) is 26.3 Å². The number of esters is 1. The maximum atomic E-state index is 12.3. The Morgan fingerprint density at radius 1 is 0.533 bits per heavy atom. The van der Waals surface area contributed by atoms with Gasteiger partial charge in [-0.2, -0.15) is 0 Å². The van der Waals surface area contributed by atoms with Crippen molar-refractivity contribution in [3.8, 4) is 0 Å². The maximum Gasteiger partial charge on any atom is 0.308 e. The number of rotatable bonds is 24. The van der Waals surface area contributed by atoms with E-state index in [0.717, 1.165) is 19.3 Å². The van der Waals surface area contributed by atoms with Crippen LogP contribution in [0.4, 0.5) is 0 Å². The lowest BCUT2D eigenvalue weighted by atomic mass is 9.98. The molecular weight excluding hydrogens is 368 g/mol. The van der Waals surface area contributed by atoms with Gasteiger partial charge in [0.15, 0.2) is 0 Å². The van der Waals surface area contributed by atoms with Crippen LogP contribution >= 0.6 is 0 Å². The molecule has 0 aliphatic heterocycles. The molecule has 0 fully saturated rings. The third kappa shape index (κ3) is 20.7. The molecule has 2 nitrogen and oxygen atoms in total. The van der Waals surface area contributed by atoms with Crippen LogP contribution in [-0.4, -0.2) is 12.6 Å². The van der Waals surface area contributed by atoms with Gasteiger partial charge in [-0.05, 0) is 19.3 Å². The van der Waals surface area contributed by atoms with Gasteiger partial charge in [-0.25, -0.2) is 0 Å². The molecule has 2 heteroatoms. The van der Waals surface area contributed by atoms with Crippen molar-refractivity contribution in [2.75, 3.05) is 6.61 Å². The summed E-state index contributed by atoms with van der Waals surface area (Å²) < 4.78 is 5.56. The Balaban J connectivity index is 3.38. The Morgan fingerprint density at radius 2 is 0.900 bits per heavy atom. The zero-order valence-corrected chi connectivity index (χ0v) is 21.2. The number of hydrogen-bond donors (Lipinski definition) is 0. The van der Waals surface area contributed by atoms with Gasteiger partial charge >= 0.3 is 5.97 Å². The van der Waals surface area contributed by atoms with E-state index in [9.17, 15) is 4.79 Å². The van der Waals surface area contributed by atoms with E-state index in [0.29, 0.717) is 6.61 Å². The molecule has 0 saturated heterocycles. The normalized spacial score (nSPS) is 12.2. The van der Waals surface area contributed by atoms with Gasteiger partial charge in [0.1, 0.15) is 0 Å². The highest BCUT2D eigenvalue weighted by Gasteiger charge is 2.17. The lowest BCUT2D eigenvalue weighted by molar-refractivity contribution is -0.149. The largest absolute Gasteiger partial charge is 0.465 e. The van der Waals surface area contributed by atoms with E-state index in [1.165, 1.54) is 122 Å². The highest BCUT2D eigenvalue weighted by molar-refractivity contribution is 5.72. The molecule has 0 saturated carbocycles. The van der Waals surface area contributed by atoms with Crippen LogP contribution in [-0.2, 0) is 9.53 Å². The first-order chi connectivity index (χ1) is 14.8. The van der Waals surface area contributed by atoms with Gasteiger partial charge in [-0.15, -0.1) is 0 Å². The van der Waals surface area contributed by atoms with Gasteiger partial charge in [0.05, 0.1) is 12.5 Å². The van der Waals surface area contributed by atoms with Crippen molar-refractivity contribution in [1.29, 1.82) is 0 Å². The van der Waals surface area contributed by atoms with E-state index in [-0.39, 0.29) is 11.9 Å². The lowest BCUT2D eigenvalue weighted by Gasteiger charge is -2.14. The average Bonchev–Trinajstić information content (AvgIpc) is 2.75. The molecule has 0 aromatic heterocycles. The first-order valence-corrected chi connectivity index (χ1v) is 13.9. The van der Waals surface area contributed by atoms with Crippen molar-refractivity contribution < 1.29 is 9.53 Å². The molecule has 1 atom stereocenters. The minimum Gasteiger partial charge on any atom is -0.465 e. The van der Waals surface area contributed by atoms with E-state index >= 15 is 0 Å². The van der Waals surface area contributed by atoms with Crippen LogP contribution in [0.3, 0.4) is 0 Å². The fourth-order valence-corrected chi connectivity index (χ4v) is 4.25. The van der Waals surface area contributed by atoms with Gasteiger partial charge in [0.25, 0.3) is 0 Å². The van der Waals surface area contributed by atoms with E-state index < -0.39 is 0 Å². The molecule has 0 rings (SSSR count). The Labute approximate surface area is 190 Å². The summed E-state index contributed by atoms with van der Waals surface area (Å²) in [5, 5.41) is 0. The second-order valence-electron chi connectivity index (χ2n) is 9.43. The summed E-state index contributed by atoms with van der Waals surface area (Å²) in [6.45, 7) is 7.28. The maximum absolute atomic E-state index is 12.3. The predicted octanol–water partition coefficient (Wildman–Crippen LogP) is 9.79. The Bertz CT molecular complexity index is 340. The monoisotopic (exact) mass is 424 g/mol. The fraction of sp³-hybridized carbons (Fsp3) is 0.964. The highest BCUT2D eigenvalue weighted by atomic mass is 16.5. The van der Waals surface area contributed by atoms with Crippen molar-refractivity contribution >= 4 is 5.97 Å². The molecule has 180 valence electrons. The molecule has 0 aromatic rings. The van der Waals surface area contributed by atoms with Crippen LogP contribution in [0.1, 0.15) is 162 Å². The van der Waals surface area contributed by atoms with E-state index in [1.54, 1.807) is 0 Å². The second-order valence-corrected chi connectivity index (χ2v) is 9.43. The zero-order valence-electron chi connectivity index (χ0n) is 21.2. The van der Waals surface area contributed by atoms with Gasteiger partial charge in [-0.1, -0.05) is 143 Å². The van der Waals surface area contributed by atoms with Crippen molar-refractivity contribution in [3.63, 3.8) is 0 Å². The summed E-state index contributed by atoms with van der Waals surface area (Å²) in [5.41, 5.74) is 0. The summed E-state index contributed by atoms with van der Waals surface area (Å²) in [4.78, 5) is 12.3. The van der Waals surface area contributed by atoms with Gasteiger partial charge in [-0.3, -0.25) is 4.79 Å². The van der Waals surface area contributed by atoms with Gasteiger partial charge in [0.2, 0.25) is 0 Å². The Hall–Kier alpha value is -0.530. The van der Waals surface area contributed by atoms with Gasteiger partial charge < -0.3 is 4.74 Å². The zero-order chi connectivity index (χ0) is 22.1. The first-order valence-electron chi connectivity index (χ1n) is 13.9. The molecule has 0 bridgehead atoms. The average molecular weight is 425 g/mol. The molecule has 0 aliphatic carbocycles. The van der Waals surface area contributed by atoms with Crippen LogP contribution in [0.5, 0.6) is 0 Å². The molecule has 0 spiro atoms. The quantitative estimate of drug-likeness (QED) is 0.114. The summed E-state index contributed by atoms with van der Waals surface area (Å²) in [7, 11) is 0. The number of ether oxygens (including phenoxy) is 1. The molecule has 30 heavy (non-hydrogen) atoms. The van der Waals surface area contributed by atoms with Gasteiger partial charge in [0, 0.05) is 0 Å². The Kier molecular flexibility index (Phi) is 24.3. The van der Waals surface area contributed by atoms with Crippen LogP contribution in [0.2, 0.25) is 0 Å². The van der Waals surface area contributed by atoms with Crippen molar-refractivity contribution in [1.82, 2.24) is 0 Å². The number of carbonyl (C=O) groups excluding carboxylic acids is 1. The van der Waals surface area contributed by atoms with Crippen molar-refractivity contribution in [2.24, 2.45) is 5.92 Å². The smallest absolute Gasteiger partial charge is 0.308 e. The third-order valence-corrected chi connectivity index (χ3v) is 6.47. The second kappa shape index (κ2) is 24.7. The summed E-state index contributed by atoms with van der Waals surface area (Å²) in [5.74, 6) is 0.184. The SMILES string of the molecule is CCCCCCCCCCCCCCCCOC(=O)C(CC)CCCCCCCC. The molecule has 0 heterocycles. The molecule has 0 aliphatic rings. The number of unbranched alkanes of at least 4 members (excludes halogenated alkanes) is 18. The molecule has 0 aromatic carbocycles. The highest BCUT2D eigenvalue weighted by Crippen LogP contribution is 2.17.